The Morgan fingerprint density at radius 2 is 1.67 bits per heavy atom. The van der Waals surface area contributed by atoms with E-state index >= 15 is 0 Å². The summed E-state index contributed by atoms with van der Waals surface area (Å²) in [6.07, 6.45) is 0. The number of nitrogens with zero attached hydrogens (tertiary/aromatic N) is 2. The van der Waals surface area contributed by atoms with Gasteiger partial charge in [0.15, 0.2) is 0 Å². The highest BCUT2D eigenvalue weighted by molar-refractivity contribution is 5.33. The molecule has 1 aromatic heterocycles. The Labute approximate surface area is 126 Å². The number of rotatable bonds is 4. The van der Waals surface area contributed by atoms with Gasteiger partial charge in [0.05, 0.1) is 18.8 Å². The lowest BCUT2D eigenvalue weighted by Gasteiger charge is -2.21. The van der Waals surface area contributed by atoms with E-state index in [9.17, 15) is 0 Å². The average molecular weight is 285 g/mol. The third-order valence-electron chi connectivity index (χ3n) is 3.56. The Morgan fingerprint density at radius 3 is 2.10 bits per heavy atom. The van der Waals surface area contributed by atoms with Crippen molar-refractivity contribution >= 4 is 0 Å². The molecule has 2 aromatic rings. The Hall–Kier alpha value is -1.94. The highest BCUT2D eigenvalue weighted by Crippen LogP contribution is 2.26. The maximum atomic E-state index is 5.05. The molecule has 0 saturated carbocycles. The van der Waals surface area contributed by atoms with Crippen molar-refractivity contribution in [2.75, 3.05) is 14.2 Å². The second kappa shape index (κ2) is 6.22. The van der Waals surface area contributed by atoms with Crippen LogP contribution in [0.3, 0.4) is 0 Å². The molecule has 2 rings (SSSR count). The van der Waals surface area contributed by atoms with Gasteiger partial charge in [-0.15, -0.1) is 10.2 Å². The van der Waals surface area contributed by atoms with E-state index in [1.54, 1.807) is 7.11 Å². The van der Waals surface area contributed by atoms with E-state index < -0.39 is 0 Å². The first-order chi connectivity index (χ1) is 9.95. The number of methoxy groups -OCH3 is 1. The molecule has 4 nitrogen and oxygen atoms in total. The second-order valence-corrected chi connectivity index (χ2v) is 6.09. The minimum Gasteiger partial charge on any atom is -0.480 e. The Morgan fingerprint density at radius 1 is 1.00 bits per heavy atom. The Kier molecular flexibility index (Phi) is 4.58. The van der Waals surface area contributed by atoms with Crippen molar-refractivity contribution in [1.29, 1.82) is 0 Å². The molecule has 0 bridgehead atoms. The van der Waals surface area contributed by atoms with Crippen molar-refractivity contribution in [1.82, 2.24) is 15.5 Å². The molecule has 0 aliphatic heterocycles. The zero-order valence-corrected chi connectivity index (χ0v) is 13.3. The molecular weight excluding hydrogens is 262 g/mol. The number of hydrogen-bond donors (Lipinski definition) is 1. The summed E-state index contributed by atoms with van der Waals surface area (Å²) in [5.74, 6) is 0.525. The third-order valence-corrected chi connectivity index (χ3v) is 3.56. The van der Waals surface area contributed by atoms with Crippen molar-refractivity contribution in [3.8, 4) is 5.88 Å². The van der Waals surface area contributed by atoms with Gasteiger partial charge in [-0.1, -0.05) is 45.0 Å². The molecular formula is C17H23N3O. The number of nitrogens with one attached hydrogen (secondary N) is 1. The van der Waals surface area contributed by atoms with Crippen LogP contribution in [0.2, 0.25) is 0 Å². The van der Waals surface area contributed by atoms with E-state index in [1.807, 2.05) is 19.2 Å². The predicted octanol–water partition coefficient (Wildman–Crippen LogP) is 3.09. The van der Waals surface area contributed by atoms with Crippen molar-refractivity contribution in [3.05, 3.63) is 53.2 Å². The lowest BCUT2D eigenvalue weighted by Crippen LogP contribution is -2.20. The number of aromatic nitrogens is 2. The van der Waals surface area contributed by atoms with E-state index in [2.05, 4.69) is 60.6 Å². The highest BCUT2D eigenvalue weighted by Gasteiger charge is 2.17. The van der Waals surface area contributed by atoms with Crippen LogP contribution in [-0.4, -0.2) is 24.4 Å². The quantitative estimate of drug-likeness (QED) is 0.937. The zero-order valence-electron chi connectivity index (χ0n) is 13.3. The van der Waals surface area contributed by atoms with Crippen LogP contribution in [0.15, 0.2) is 36.4 Å². The fourth-order valence-electron chi connectivity index (χ4n) is 2.25. The SMILES string of the molecule is CNC(c1ccc(C(C)(C)C)cc1)c1ccc(OC)nn1. The molecule has 21 heavy (non-hydrogen) atoms. The lowest BCUT2D eigenvalue weighted by atomic mass is 9.86. The van der Waals surface area contributed by atoms with Crippen LogP contribution in [0.4, 0.5) is 0 Å². The van der Waals surface area contributed by atoms with E-state index in [0.29, 0.717) is 5.88 Å². The van der Waals surface area contributed by atoms with Crippen LogP contribution in [0.25, 0.3) is 0 Å². The van der Waals surface area contributed by atoms with E-state index in [1.165, 1.54) is 11.1 Å². The number of hydrogen-bond acceptors (Lipinski definition) is 4. The second-order valence-electron chi connectivity index (χ2n) is 6.09. The molecule has 4 heteroatoms. The Bertz CT molecular complexity index is 570. The maximum absolute atomic E-state index is 5.05. The molecule has 0 aliphatic rings. The van der Waals surface area contributed by atoms with Crippen LogP contribution in [0.1, 0.15) is 43.6 Å². The first kappa shape index (κ1) is 15.4. The summed E-state index contributed by atoms with van der Waals surface area (Å²) in [6.45, 7) is 6.64. The van der Waals surface area contributed by atoms with Gasteiger partial charge in [-0.2, -0.15) is 0 Å². The Balaban J connectivity index is 2.28. The summed E-state index contributed by atoms with van der Waals surface area (Å²) >= 11 is 0. The summed E-state index contributed by atoms with van der Waals surface area (Å²) in [5, 5.41) is 11.6. The van der Waals surface area contributed by atoms with Gasteiger partial charge < -0.3 is 10.1 Å². The molecule has 0 amide bonds. The van der Waals surface area contributed by atoms with Gasteiger partial charge in [-0.3, -0.25) is 0 Å². The van der Waals surface area contributed by atoms with E-state index in [0.717, 1.165) is 5.69 Å². The van der Waals surface area contributed by atoms with Gasteiger partial charge in [0.25, 0.3) is 0 Å². The molecule has 0 aliphatic carbocycles. The molecule has 0 saturated heterocycles. The summed E-state index contributed by atoms with van der Waals surface area (Å²) in [6, 6.07) is 12.4. The summed E-state index contributed by atoms with van der Waals surface area (Å²) in [4.78, 5) is 0. The predicted molar refractivity (Wildman–Crippen MR) is 84.6 cm³/mol. The van der Waals surface area contributed by atoms with Crippen molar-refractivity contribution < 1.29 is 4.74 Å². The maximum Gasteiger partial charge on any atom is 0.233 e. The third kappa shape index (κ3) is 3.58. The van der Waals surface area contributed by atoms with Gasteiger partial charge in [-0.25, -0.2) is 0 Å². The standard InChI is InChI=1S/C17H23N3O/c1-17(2,3)13-8-6-12(7-9-13)16(18-4)14-10-11-15(21-5)20-19-14/h6-11,16,18H,1-5H3. The van der Waals surface area contributed by atoms with E-state index in [-0.39, 0.29) is 11.5 Å². The monoisotopic (exact) mass is 285 g/mol. The lowest BCUT2D eigenvalue weighted by molar-refractivity contribution is 0.390. The molecule has 1 N–H and O–H groups in total. The van der Waals surface area contributed by atoms with Crippen molar-refractivity contribution in [2.45, 2.75) is 32.2 Å². The minimum atomic E-state index is 0.0254. The zero-order chi connectivity index (χ0) is 15.5. The van der Waals surface area contributed by atoms with Crippen LogP contribution in [-0.2, 0) is 5.41 Å². The first-order valence-electron chi connectivity index (χ1n) is 7.11. The van der Waals surface area contributed by atoms with Crippen LogP contribution >= 0.6 is 0 Å². The minimum absolute atomic E-state index is 0.0254. The largest absolute Gasteiger partial charge is 0.480 e. The highest BCUT2D eigenvalue weighted by atomic mass is 16.5. The summed E-state index contributed by atoms with van der Waals surface area (Å²) < 4.78 is 5.05. The number of ether oxygens (including phenoxy) is 1. The summed E-state index contributed by atoms with van der Waals surface area (Å²) in [7, 11) is 3.51. The van der Waals surface area contributed by atoms with Crippen LogP contribution < -0.4 is 10.1 Å². The van der Waals surface area contributed by atoms with Crippen molar-refractivity contribution in [2.24, 2.45) is 0 Å². The van der Waals surface area contributed by atoms with Gasteiger partial charge in [0, 0.05) is 6.07 Å². The first-order valence-corrected chi connectivity index (χ1v) is 7.11. The van der Waals surface area contributed by atoms with Gasteiger partial charge in [0.2, 0.25) is 5.88 Å². The van der Waals surface area contributed by atoms with Crippen LogP contribution in [0.5, 0.6) is 5.88 Å². The van der Waals surface area contributed by atoms with Gasteiger partial charge in [0.1, 0.15) is 0 Å². The number of benzene rings is 1. The average Bonchev–Trinajstić information content (AvgIpc) is 2.48. The van der Waals surface area contributed by atoms with Gasteiger partial charge in [-0.05, 0) is 29.7 Å². The van der Waals surface area contributed by atoms with Crippen molar-refractivity contribution in [3.63, 3.8) is 0 Å². The van der Waals surface area contributed by atoms with Gasteiger partial charge >= 0.3 is 0 Å². The smallest absolute Gasteiger partial charge is 0.233 e. The van der Waals surface area contributed by atoms with Crippen LogP contribution in [0, 0.1) is 0 Å². The molecule has 1 heterocycles. The molecule has 1 atom stereocenters. The summed E-state index contributed by atoms with van der Waals surface area (Å²) in [5.41, 5.74) is 3.53. The fourth-order valence-corrected chi connectivity index (χ4v) is 2.25. The molecule has 0 radical (unpaired) electrons. The molecule has 112 valence electrons. The molecule has 1 unspecified atom stereocenters. The topological polar surface area (TPSA) is 47.0 Å². The fraction of sp³-hybridized carbons (Fsp3) is 0.412. The molecule has 1 aromatic carbocycles. The molecule has 0 fully saturated rings. The normalized spacial score (nSPS) is 13.0. The molecule has 0 spiro atoms. The van der Waals surface area contributed by atoms with E-state index in [4.69, 9.17) is 4.74 Å².